The van der Waals surface area contributed by atoms with E-state index in [0.717, 1.165) is 32.1 Å². The number of ketones is 1. The Bertz CT molecular complexity index is 1170. The molecule has 0 spiro atoms. The van der Waals surface area contributed by atoms with Crippen LogP contribution < -0.4 is 27.0 Å². The second-order valence-electron chi connectivity index (χ2n) is 16.3. The maximum Gasteiger partial charge on any atom is 0.407 e. The van der Waals surface area contributed by atoms with Crippen molar-refractivity contribution in [2.45, 2.75) is 125 Å². The first kappa shape index (κ1) is 38.1. The molecule has 0 radical (unpaired) electrons. The van der Waals surface area contributed by atoms with E-state index in [9.17, 15) is 28.8 Å². The van der Waals surface area contributed by atoms with Crippen molar-refractivity contribution in [3.8, 4) is 0 Å². The minimum Gasteiger partial charge on any atom is -0.447 e. The number of nitrogens with zero attached hydrogens (tertiary/aromatic N) is 1. The van der Waals surface area contributed by atoms with Crippen LogP contribution in [0.15, 0.2) is 0 Å². The summed E-state index contributed by atoms with van der Waals surface area (Å²) >= 11 is 0. The molecule has 0 aromatic rings. The van der Waals surface area contributed by atoms with Crippen LogP contribution in [0.1, 0.15) is 100 Å². The Morgan fingerprint density at radius 2 is 1.51 bits per heavy atom. The van der Waals surface area contributed by atoms with E-state index in [0.29, 0.717) is 31.8 Å². The number of alkyl carbamates (subject to hydrolysis) is 1. The van der Waals surface area contributed by atoms with Crippen LogP contribution >= 0.6 is 0 Å². The van der Waals surface area contributed by atoms with E-state index in [1.807, 2.05) is 55.4 Å². The quantitative estimate of drug-likeness (QED) is 0.177. The SMILES string of the molecule is CC(C)C1C[C@@H](C(=O)NC(CC2CCC2)C(=O)C(N)=O)N(C(=O)[C@@H](NC(=O)NC(COC(=O)NCC2CC2)C(C)(C)C)C(C)(C)C)C1. The van der Waals surface area contributed by atoms with Crippen molar-refractivity contribution in [2.75, 3.05) is 19.7 Å². The second-order valence-corrected chi connectivity index (χ2v) is 16.3. The summed E-state index contributed by atoms with van der Waals surface area (Å²) in [7, 11) is 0. The predicted molar refractivity (Wildman–Crippen MR) is 177 cm³/mol. The lowest BCUT2D eigenvalue weighted by molar-refractivity contribution is -0.143. The fraction of sp³-hybridized carbons (Fsp3) is 0.824. The van der Waals surface area contributed by atoms with E-state index in [1.54, 1.807) is 0 Å². The van der Waals surface area contributed by atoms with Gasteiger partial charge in [-0.2, -0.15) is 0 Å². The van der Waals surface area contributed by atoms with E-state index in [2.05, 4.69) is 21.3 Å². The molecule has 13 heteroatoms. The largest absolute Gasteiger partial charge is 0.447 e. The van der Waals surface area contributed by atoms with Gasteiger partial charge in [-0.05, 0) is 60.2 Å². The van der Waals surface area contributed by atoms with E-state index in [1.165, 1.54) is 4.90 Å². The lowest BCUT2D eigenvalue weighted by Crippen LogP contribution is -2.61. The first-order valence-corrected chi connectivity index (χ1v) is 17.2. The number of nitrogens with one attached hydrogen (secondary N) is 4. The average Bonchev–Trinajstić information content (AvgIpc) is 3.66. The minimum atomic E-state index is -1.10. The van der Waals surface area contributed by atoms with Gasteiger partial charge < -0.3 is 36.6 Å². The summed E-state index contributed by atoms with van der Waals surface area (Å²) in [5.41, 5.74) is 4.10. The van der Waals surface area contributed by atoms with Gasteiger partial charge in [0.1, 0.15) is 18.7 Å². The molecule has 6 amide bonds. The number of hydrogen-bond acceptors (Lipinski definition) is 7. The summed E-state index contributed by atoms with van der Waals surface area (Å²) in [6.07, 6.45) is 5.22. The van der Waals surface area contributed by atoms with Crippen molar-refractivity contribution in [1.29, 1.82) is 0 Å². The molecular formula is C34H58N6O7. The maximum absolute atomic E-state index is 14.3. The lowest BCUT2D eigenvalue weighted by Gasteiger charge is -2.37. The molecular weight excluding hydrogens is 604 g/mol. The monoisotopic (exact) mass is 662 g/mol. The van der Waals surface area contributed by atoms with Gasteiger partial charge in [0.05, 0.1) is 12.1 Å². The van der Waals surface area contributed by atoms with Crippen molar-refractivity contribution in [3.63, 3.8) is 0 Å². The molecule has 1 heterocycles. The van der Waals surface area contributed by atoms with Gasteiger partial charge in [0, 0.05) is 13.1 Å². The van der Waals surface area contributed by atoms with Crippen LogP contribution in [0.3, 0.4) is 0 Å². The summed E-state index contributed by atoms with van der Waals surface area (Å²) in [6.45, 7) is 16.1. The molecule has 0 bridgehead atoms. The zero-order valence-corrected chi connectivity index (χ0v) is 29.6. The van der Waals surface area contributed by atoms with Gasteiger partial charge in [0.25, 0.3) is 5.91 Å². The highest BCUT2D eigenvalue weighted by atomic mass is 16.5. The van der Waals surface area contributed by atoms with Crippen LogP contribution in [0.5, 0.6) is 0 Å². The molecule has 3 fully saturated rings. The normalized spacial score (nSPS) is 22.0. The number of urea groups is 1. The fourth-order valence-electron chi connectivity index (χ4n) is 5.99. The molecule has 0 aromatic heterocycles. The van der Waals surface area contributed by atoms with Crippen molar-refractivity contribution in [2.24, 2.45) is 40.2 Å². The first-order chi connectivity index (χ1) is 21.8. The number of Topliss-reactive ketones (excluding diaryl/α,β-unsaturated/α-hetero) is 1. The van der Waals surface area contributed by atoms with Crippen molar-refractivity contribution < 1.29 is 33.5 Å². The lowest BCUT2D eigenvalue weighted by atomic mass is 9.80. The first-order valence-electron chi connectivity index (χ1n) is 17.2. The van der Waals surface area contributed by atoms with Crippen LogP contribution in [0, 0.1) is 34.5 Å². The fourth-order valence-corrected chi connectivity index (χ4v) is 5.99. The van der Waals surface area contributed by atoms with E-state index in [4.69, 9.17) is 10.5 Å². The molecule has 6 N–H and O–H groups in total. The Kier molecular flexibility index (Phi) is 12.7. The van der Waals surface area contributed by atoms with Crippen LogP contribution in [-0.2, 0) is 23.9 Å². The van der Waals surface area contributed by atoms with Gasteiger partial charge in [-0.1, -0.05) is 74.7 Å². The summed E-state index contributed by atoms with van der Waals surface area (Å²) in [4.78, 5) is 79.7. The zero-order valence-electron chi connectivity index (χ0n) is 29.6. The number of amides is 6. The van der Waals surface area contributed by atoms with Gasteiger partial charge in [-0.3, -0.25) is 19.2 Å². The molecule has 0 aromatic carbocycles. The molecule has 5 atom stereocenters. The number of ether oxygens (including phenoxy) is 1. The van der Waals surface area contributed by atoms with Gasteiger partial charge in [0.2, 0.25) is 17.6 Å². The highest BCUT2D eigenvalue weighted by molar-refractivity contribution is 6.37. The minimum absolute atomic E-state index is 0.00884. The topological polar surface area (TPSA) is 189 Å². The molecule has 1 aliphatic heterocycles. The average molecular weight is 663 g/mol. The number of carbonyl (C=O) groups excluding carboxylic acids is 6. The number of rotatable bonds is 14. The van der Waals surface area contributed by atoms with Gasteiger partial charge in [-0.25, -0.2) is 9.59 Å². The highest BCUT2D eigenvalue weighted by Gasteiger charge is 2.46. The Morgan fingerprint density at radius 3 is 2.00 bits per heavy atom. The standard InChI is InChI=1S/C34H58N6O7/c1-19(2)22-15-24(29(43)37-23(26(41)28(35)42)14-20-10-9-11-20)40(17-22)30(44)27(34(6,7)8)39-31(45)38-25(33(3,4)5)18-47-32(46)36-16-21-12-13-21/h19-25,27H,9-18H2,1-8H3,(H2,35,42)(H,36,46)(H,37,43)(H2,38,39,45)/t22?,23?,24-,25?,27+/m0/s1. The van der Waals surface area contributed by atoms with E-state index < -0.39 is 70.6 Å². The maximum atomic E-state index is 14.3. The van der Waals surface area contributed by atoms with Gasteiger partial charge in [0.15, 0.2) is 0 Å². The summed E-state index contributed by atoms with van der Waals surface area (Å²) in [5.74, 6) is -1.98. The number of primary amides is 1. The number of likely N-dealkylation sites (tertiary alicyclic amines) is 1. The highest BCUT2D eigenvalue weighted by Crippen LogP contribution is 2.34. The molecule has 47 heavy (non-hydrogen) atoms. The second kappa shape index (κ2) is 15.7. The van der Waals surface area contributed by atoms with Crippen LogP contribution in [0.2, 0.25) is 0 Å². The molecule has 3 aliphatic rings. The Hall–Kier alpha value is -3.38. The van der Waals surface area contributed by atoms with E-state index in [-0.39, 0.29) is 24.4 Å². The Morgan fingerprint density at radius 1 is 0.872 bits per heavy atom. The number of nitrogens with two attached hydrogens (primary N) is 1. The summed E-state index contributed by atoms with van der Waals surface area (Å²) < 4.78 is 5.42. The third-order valence-electron chi connectivity index (χ3n) is 9.88. The van der Waals surface area contributed by atoms with Gasteiger partial charge in [-0.15, -0.1) is 0 Å². The summed E-state index contributed by atoms with van der Waals surface area (Å²) in [6, 6.07) is -4.11. The zero-order chi connectivity index (χ0) is 35.3. The number of hydrogen-bond donors (Lipinski definition) is 5. The van der Waals surface area contributed by atoms with E-state index >= 15 is 0 Å². The molecule has 2 saturated carbocycles. The molecule has 1 saturated heterocycles. The molecule has 13 nitrogen and oxygen atoms in total. The smallest absolute Gasteiger partial charge is 0.407 e. The van der Waals surface area contributed by atoms with Crippen LogP contribution in [0.25, 0.3) is 0 Å². The van der Waals surface area contributed by atoms with Crippen LogP contribution in [-0.4, -0.2) is 84.4 Å². The third kappa shape index (κ3) is 11.1. The number of carbonyl (C=O) groups is 6. The van der Waals surface area contributed by atoms with Crippen LogP contribution in [0.4, 0.5) is 9.59 Å². The van der Waals surface area contributed by atoms with Crippen molar-refractivity contribution in [1.82, 2.24) is 26.2 Å². The molecule has 266 valence electrons. The predicted octanol–water partition coefficient (Wildman–Crippen LogP) is 2.85. The summed E-state index contributed by atoms with van der Waals surface area (Å²) in [5, 5.41) is 11.2. The van der Waals surface area contributed by atoms with Gasteiger partial charge >= 0.3 is 12.1 Å². The Labute approximate surface area is 279 Å². The third-order valence-corrected chi connectivity index (χ3v) is 9.88. The molecule has 2 aliphatic carbocycles. The van der Waals surface area contributed by atoms with Crippen molar-refractivity contribution in [3.05, 3.63) is 0 Å². The van der Waals surface area contributed by atoms with Crippen molar-refractivity contribution >= 4 is 35.6 Å². The Balaban J connectivity index is 1.74. The molecule has 3 rings (SSSR count). The molecule has 3 unspecified atom stereocenters.